The average molecular weight is 1020 g/mol. The molecule has 73 heavy (non-hydrogen) atoms. The van der Waals surface area contributed by atoms with Crippen LogP contribution in [-0.2, 0) is 42.9 Å². The van der Waals surface area contributed by atoms with Gasteiger partial charge in [-0.3, -0.25) is 14.4 Å². The number of carboxylic acid groups (broad SMARTS) is 1. The summed E-state index contributed by atoms with van der Waals surface area (Å²) in [4.78, 5) is 50.9. The summed E-state index contributed by atoms with van der Waals surface area (Å²) < 4.78 is 28.3. The number of ether oxygens (including phenoxy) is 5. The van der Waals surface area contributed by atoms with Crippen LogP contribution in [0.25, 0.3) is 0 Å². The number of rotatable bonds is 46. The van der Waals surface area contributed by atoms with Crippen LogP contribution >= 0.6 is 0 Å². The van der Waals surface area contributed by atoms with E-state index in [1.54, 1.807) is 0 Å². The number of hydrogen-bond donors (Lipinski definition) is 3. The predicted molar refractivity (Wildman–Crippen MR) is 294 cm³/mol. The van der Waals surface area contributed by atoms with E-state index in [2.05, 4.69) is 106 Å². The minimum absolute atomic E-state index is 0.0342. The Hall–Kier alpha value is -4.36. The van der Waals surface area contributed by atoms with Gasteiger partial charge in [0, 0.05) is 19.3 Å². The summed E-state index contributed by atoms with van der Waals surface area (Å²) in [7, 11) is 0. The van der Waals surface area contributed by atoms with Gasteiger partial charge in [0.15, 0.2) is 24.6 Å². The van der Waals surface area contributed by atoms with Crippen LogP contribution in [0.2, 0.25) is 0 Å². The summed E-state index contributed by atoms with van der Waals surface area (Å²) in [6.07, 6.45) is 51.1. The van der Waals surface area contributed by atoms with Gasteiger partial charge < -0.3 is 39.0 Å². The molecule has 1 aliphatic rings. The number of esters is 3. The third-order valence-corrected chi connectivity index (χ3v) is 12.2. The van der Waals surface area contributed by atoms with Crippen molar-refractivity contribution in [2.24, 2.45) is 0 Å². The number of carboxylic acids is 1. The molecule has 0 aromatic carbocycles. The first-order valence-corrected chi connectivity index (χ1v) is 28.2. The molecule has 12 nitrogen and oxygen atoms in total. The van der Waals surface area contributed by atoms with E-state index in [-0.39, 0.29) is 25.9 Å². The van der Waals surface area contributed by atoms with Crippen molar-refractivity contribution < 1.29 is 58.2 Å². The summed E-state index contributed by atoms with van der Waals surface area (Å²) in [6, 6.07) is 0. The van der Waals surface area contributed by atoms with Crippen molar-refractivity contribution in [2.75, 3.05) is 13.2 Å². The molecule has 1 saturated heterocycles. The molecule has 0 aromatic heterocycles. The Labute approximate surface area is 441 Å². The van der Waals surface area contributed by atoms with Crippen LogP contribution in [0.3, 0.4) is 0 Å². The quantitative estimate of drug-likeness (QED) is 0.0228. The fourth-order valence-electron chi connectivity index (χ4n) is 7.90. The van der Waals surface area contributed by atoms with Crippen LogP contribution in [0.15, 0.2) is 97.2 Å². The smallest absolute Gasteiger partial charge is 0.335 e. The zero-order valence-electron chi connectivity index (χ0n) is 45.3. The molecule has 0 amide bonds. The van der Waals surface area contributed by atoms with Gasteiger partial charge in [-0.05, 0) is 83.5 Å². The molecule has 0 bridgehead atoms. The number of hydrogen-bond acceptors (Lipinski definition) is 11. The monoisotopic (exact) mass is 1020 g/mol. The minimum Gasteiger partial charge on any atom is -0.479 e. The molecule has 0 aromatic rings. The lowest BCUT2D eigenvalue weighted by molar-refractivity contribution is -0.301. The van der Waals surface area contributed by atoms with Crippen molar-refractivity contribution in [3.63, 3.8) is 0 Å². The largest absolute Gasteiger partial charge is 0.479 e. The Morgan fingerprint density at radius 2 is 0.890 bits per heavy atom. The topological polar surface area (TPSA) is 175 Å². The van der Waals surface area contributed by atoms with Gasteiger partial charge in [0.2, 0.25) is 0 Å². The molecule has 0 spiro atoms. The predicted octanol–water partition coefficient (Wildman–Crippen LogP) is 14.1. The number of aliphatic carboxylic acids is 1. The highest BCUT2D eigenvalue weighted by atomic mass is 16.7. The SMILES string of the molecule is CC/C=C\C/C=C\C/C=C\C/C=C\CCCCCCCCC(=O)OC1C(OCC(COC(=O)CC/C=C\C/C=C\C/C=C\C/C=C\CC)OC(=O)CCCCCCCCCCCCC)OC(C(=O)O)C(O)C1O. The van der Waals surface area contributed by atoms with E-state index in [9.17, 15) is 34.5 Å². The third-order valence-electron chi connectivity index (χ3n) is 12.2. The molecule has 0 aliphatic carbocycles. The van der Waals surface area contributed by atoms with Gasteiger partial charge in [0.05, 0.1) is 6.61 Å². The Bertz CT molecular complexity index is 1640. The molecule has 0 radical (unpaired) electrons. The highest BCUT2D eigenvalue weighted by Gasteiger charge is 2.50. The van der Waals surface area contributed by atoms with E-state index in [0.717, 1.165) is 109 Å². The number of carbonyl (C=O) groups excluding carboxylic acids is 3. The van der Waals surface area contributed by atoms with E-state index in [1.165, 1.54) is 44.9 Å². The highest BCUT2D eigenvalue weighted by Crippen LogP contribution is 2.26. The van der Waals surface area contributed by atoms with Gasteiger partial charge in [-0.25, -0.2) is 4.79 Å². The molecule has 0 saturated carbocycles. The van der Waals surface area contributed by atoms with Crippen LogP contribution < -0.4 is 0 Å². The van der Waals surface area contributed by atoms with Crippen molar-refractivity contribution in [2.45, 2.75) is 250 Å². The zero-order chi connectivity index (χ0) is 53.3. The first kappa shape index (κ1) is 66.7. The summed E-state index contributed by atoms with van der Waals surface area (Å²) >= 11 is 0. The first-order chi connectivity index (χ1) is 35.6. The molecule has 1 heterocycles. The highest BCUT2D eigenvalue weighted by molar-refractivity contribution is 5.74. The molecule has 1 fully saturated rings. The molecule has 414 valence electrons. The van der Waals surface area contributed by atoms with Gasteiger partial charge in [0.25, 0.3) is 0 Å². The van der Waals surface area contributed by atoms with Gasteiger partial charge in [0.1, 0.15) is 18.8 Å². The maximum atomic E-state index is 13.1. The van der Waals surface area contributed by atoms with Gasteiger partial charge in [-0.15, -0.1) is 0 Å². The van der Waals surface area contributed by atoms with Gasteiger partial charge in [-0.1, -0.05) is 208 Å². The van der Waals surface area contributed by atoms with Crippen LogP contribution in [-0.4, -0.2) is 89.2 Å². The summed E-state index contributed by atoms with van der Waals surface area (Å²) in [5, 5.41) is 31.4. The Kier molecular flexibility index (Phi) is 44.4. The van der Waals surface area contributed by atoms with Crippen molar-refractivity contribution >= 4 is 23.9 Å². The molecule has 12 heteroatoms. The zero-order valence-corrected chi connectivity index (χ0v) is 45.3. The fraction of sp³-hybridized carbons (Fsp3) is 0.672. The van der Waals surface area contributed by atoms with Crippen LogP contribution in [0.5, 0.6) is 0 Å². The average Bonchev–Trinajstić information content (AvgIpc) is 3.37. The second-order valence-electron chi connectivity index (χ2n) is 18.8. The van der Waals surface area contributed by atoms with E-state index in [0.29, 0.717) is 19.3 Å². The third kappa shape index (κ3) is 38.8. The lowest BCUT2D eigenvalue weighted by Crippen LogP contribution is -2.61. The maximum Gasteiger partial charge on any atom is 0.335 e. The summed E-state index contributed by atoms with van der Waals surface area (Å²) in [5.74, 6) is -3.25. The number of carbonyl (C=O) groups is 4. The lowest BCUT2D eigenvalue weighted by atomic mass is 9.98. The van der Waals surface area contributed by atoms with Gasteiger partial charge in [-0.2, -0.15) is 0 Å². The van der Waals surface area contributed by atoms with E-state index in [4.69, 9.17) is 23.7 Å². The minimum atomic E-state index is -1.92. The van der Waals surface area contributed by atoms with Crippen molar-refractivity contribution in [3.8, 4) is 0 Å². The summed E-state index contributed by atoms with van der Waals surface area (Å²) in [6.45, 7) is 5.67. The molecule has 1 aliphatic heterocycles. The molecular weight excluding hydrogens is 925 g/mol. The van der Waals surface area contributed by atoms with E-state index >= 15 is 0 Å². The van der Waals surface area contributed by atoms with Crippen molar-refractivity contribution in [3.05, 3.63) is 97.2 Å². The Morgan fingerprint density at radius 3 is 1.37 bits per heavy atom. The normalized spacial score (nSPS) is 19.1. The molecule has 6 atom stereocenters. The number of aliphatic hydroxyl groups is 2. The van der Waals surface area contributed by atoms with Crippen LogP contribution in [0, 0.1) is 0 Å². The molecule has 3 N–H and O–H groups in total. The number of unbranched alkanes of at least 4 members (excludes halogenated alkanes) is 16. The number of allylic oxidation sites excluding steroid dienone is 16. The maximum absolute atomic E-state index is 13.1. The van der Waals surface area contributed by atoms with Crippen molar-refractivity contribution in [1.82, 2.24) is 0 Å². The van der Waals surface area contributed by atoms with E-state index in [1.807, 2.05) is 12.2 Å². The van der Waals surface area contributed by atoms with Crippen molar-refractivity contribution in [1.29, 1.82) is 0 Å². The van der Waals surface area contributed by atoms with Crippen LogP contribution in [0.4, 0.5) is 0 Å². The molecular formula is C61H98O12. The lowest BCUT2D eigenvalue weighted by Gasteiger charge is -2.40. The molecule has 6 unspecified atom stereocenters. The Morgan fingerprint density at radius 1 is 0.466 bits per heavy atom. The van der Waals surface area contributed by atoms with E-state index < -0.39 is 67.3 Å². The fourth-order valence-corrected chi connectivity index (χ4v) is 7.90. The second kappa shape index (κ2) is 48.6. The second-order valence-corrected chi connectivity index (χ2v) is 18.8. The van der Waals surface area contributed by atoms with Crippen LogP contribution in [0.1, 0.15) is 213 Å². The standard InChI is InChI=1S/C61H98O12/c1-4-7-10-13-16-19-22-24-25-26-27-28-29-31-34-37-40-43-46-49-55(64)72-59-57(66)56(65)58(60(67)68)73-61(59)70-51-52(71-54(63)48-45-42-39-36-32-21-18-15-12-9-6-3)50-69-53(62)47-44-41-38-35-33-30-23-20-17-14-11-8-5-2/h7-8,10-11,16-17,19-20,24-25,27-28,30,33,38,41,52,56-59,61,65-66H,4-6,9,12-15,18,21-23,26,29,31-32,34-37,39-40,42-51H2,1-3H3,(H,67,68)/b10-7-,11-8-,19-16-,20-17-,25-24-,28-27-,33-30-,41-38-. The first-order valence-electron chi connectivity index (χ1n) is 28.2. The van der Waals surface area contributed by atoms with Gasteiger partial charge >= 0.3 is 23.9 Å². The number of aliphatic hydroxyl groups excluding tert-OH is 2. The summed E-state index contributed by atoms with van der Waals surface area (Å²) in [5.41, 5.74) is 0. The molecule has 1 rings (SSSR count). The Balaban J connectivity index is 2.72.